The average Bonchev–Trinajstić information content (AvgIpc) is 1.86. The van der Waals surface area contributed by atoms with Crippen LogP contribution in [0.5, 0.6) is 0 Å². The Hall–Kier alpha value is -0.340. The number of rotatable bonds is 3. The number of hydrogen-bond acceptors (Lipinski definition) is 2. The van der Waals surface area contributed by atoms with Crippen LogP contribution in [0.1, 0.15) is 27.2 Å². The second-order valence-corrected chi connectivity index (χ2v) is 2.65. The molecule has 0 aliphatic rings. The van der Waals surface area contributed by atoms with Crippen LogP contribution >= 0.6 is 0 Å². The lowest BCUT2D eigenvalue weighted by Gasteiger charge is -2.24. The SMILES string of the molecule is C/C=C/[C@](C)(O)[C@H](O)CC. The summed E-state index contributed by atoms with van der Waals surface area (Å²) < 4.78 is 0. The van der Waals surface area contributed by atoms with Crippen molar-refractivity contribution in [2.75, 3.05) is 0 Å². The number of hydrogen-bond donors (Lipinski definition) is 2. The molecule has 2 N–H and O–H groups in total. The minimum atomic E-state index is -1.07. The summed E-state index contributed by atoms with van der Waals surface area (Å²) in [7, 11) is 0. The molecule has 0 fully saturated rings. The van der Waals surface area contributed by atoms with Crippen molar-refractivity contribution in [1.82, 2.24) is 0 Å². The van der Waals surface area contributed by atoms with Crippen LogP contribution in [0.2, 0.25) is 0 Å². The van der Waals surface area contributed by atoms with Crippen LogP contribution in [0.4, 0.5) is 0 Å². The first-order chi connectivity index (χ1) is 4.54. The van der Waals surface area contributed by atoms with Crippen LogP contribution in [0.3, 0.4) is 0 Å². The molecule has 0 aliphatic carbocycles. The van der Waals surface area contributed by atoms with Gasteiger partial charge in [0, 0.05) is 0 Å². The number of allylic oxidation sites excluding steroid dienone is 1. The van der Waals surface area contributed by atoms with E-state index in [1.807, 2.05) is 13.8 Å². The minimum absolute atomic E-state index is 0.567. The lowest BCUT2D eigenvalue weighted by molar-refractivity contribution is -0.0274. The van der Waals surface area contributed by atoms with Gasteiger partial charge in [0.2, 0.25) is 0 Å². The molecule has 2 heteroatoms. The van der Waals surface area contributed by atoms with Crippen molar-refractivity contribution in [3.63, 3.8) is 0 Å². The first-order valence-electron chi connectivity index (χ1n) is 3.59. The molecule has 0 rings (SSSR count). The highest BCUT2D eigenvalue weighted by Crippen LogP contribution is 2.13. The summed E-state index contributed by atoms with van der Waals surface area (Å²) >= 11 is 0. The predicted octanol–water partition coefficient (Wildman–Crippen LogP) is 1.08. The zero-order chi connectivity index (χ0) is 8.20. The smallest absolute Gasteiger partial charge is 0.106 e. The zero-order valence-electron chi connectivity index (χ0n) is 6.83. The summed E-state index contributed by atoms with van der Waals surface area (Å²) in [6.45, 7) is 5.25. The Morgan fingerprint density at radius 1 is 1.60 bits per heavy atom. The van der Waals surface area contributed by atoms with Gasteiger partial charge in [0.05, 0.1) is 6.10 Å². The number of aliphatic hydroxyl groups excluding tert-OH is 1. The van der Waals surface area contributed by atoms with Crippen molar-refractivity contribution in [2.24, 2.45) is 0 Å². The van der Waals surface area contributed by atoms with Gasteiger partial charge in [0.25, 0.3) is 0 Å². The van der Waals surface area contributed by atoms with Gasteiger partial charge in [-0.15, -0.1) is 0 Å². The molecule has 0 bridgehead atoms. The maximum Gasteiger partial charge on any atom is 0.106 e. The lowest BCUT2D eigenvalue weighted by Crippen LogP contribution is -2.36. The first kappa shape index (κ1) is 9.66. The molecule has 0 aliphatic heterocycles. The van der Waals surface area contributed by atoms with Gasteiger partial charge in [0.15, 0.2) is 0 Å². The zero-order valence-corrected chi connectivity index (χ0v) is 6.83. The van der Waals surface area contributed by atoms with Crippen LogP contribution in [-0.2, 0) is 0 Å². The van der Waals surface area contributed by atoms with E-state index in [-0.39, 0.29) is 0 Å². The van der Waals surface area contributed by atoms with Crippen molar-refractivity contribution in [3.8, 4) is 0 Å². The van der Waals surface area contributed by atoms with Crippen LogP contribution in [0, 0.1) is 0 Å². The summed E-state index contributed by atoms with van der Waals surface area (Å²) in [5, 5.41) is 18.7. The molecule has 0 aromatic heterocycles. The standard InChI is InChI=1S/C8H16O2/c1-4-6-8(3,10)7(9)5-2/h4,6-7,9-10H,5H2,1-3H3/b6-4+/t7-,8+/m1/s1. The molecule has 0 saturated carbocycles. The lowest BCUT2D eigenvalue weighted by atomic mass is 9.97. The molecule has 2 nitrogen and oxygen atoms in total. The van der Waals surface area contributed by atoms with E-state index in [1.54, 1.807) is 19.1 Å². The molecular weight excluding hydrogens is 128 g/mol. The fourth-order valence-electron chi connectivity index (χ4n) is 0.862. The van der Waals surface area contributed by atoms with Gasteiger partial charge in [-0.1, -0.05) is 19.1 Å². The molecule has 0 unspecified atom stereocenters. The fourth-order valence-corrected chi connectivity index (χ4v) is 0.862. The van der Waals surface area contributed by atoms with Crippen molar-refractivity contribution in [3.05, 3.63) is 12.2 Å². The van der Waals surface area contributed by atoms with E-state index in [1.165, 1.54) is 0 Å². The van der Waals surface area contributed by atoms with Crippen molar-refractivity contribution in [2.45, 2.75) is 38.9 Å². The van der Waals surface area contributed by atoms with Gasteiger partial charge in [-0.25, -0.2) is 0 Å². The molecule has 0 aromatic carbocycles. The predicted molar refractivity (Wildman–Crippen MR) is 41.7 cm³/mol. The molecular formula is C8H16O2. The third-order valence-electron chi connectivity index (χ3n) is 1.57. The third kappa shape index (κ3) is 2.50. The molecule has 2 atom stereocenters. The fraction of sp³-hybridized carbons (Fsp3) is 0.750. The van der Waals surface area contributed by atoms with Gasteiger partial charge in [-0.05, 0) is 20.3 Å². The Morgan fingerprint density at radius 3 is 2.40 bits per heavy atom. The number of aliphatic hydroxyl groups is 2. The van der Waals surface area contributed by atoms with Gasteiger partial charge in [-0.3, -0.25) is 0 Å². The van der Waals surface area contributed by atoms with E-state index in [2.05, 4.69) is 0 Å². The van der Waals surface area contributed by atoms with E-state index in [9.17, 15) is 10.2 Å². The molecule has 10 heavy (non-hydrogen) atoms. The Balaban J connectivity index is 4.09. The summed E-state index contributed by atoms with van der Waals surface area (Å²) in [4.78, 5) is 0. The second-order valence-electron chi connectivity index (χ2n) is 2.65. The molecule has 0 radical (unpaired) electrons. The third-order valence-corrected chi connectivity index (χ3v) is 1.57. The summed E-state index contributed by atoms with van der Waals surface area (Å²) in [6, 6.07) is 0. The van der Waals surface area contributed by atoms with Crippen molar-refractivity contribution in [1.29, 1.82) is 0 Å². The van der Waals surface area contributed by atoms with E-state index in [0.29, 0.717) is 6.42 Å². The highest BCUT2D eigenvalue weighted by atomic mass is 16.3. The molecule has 0 spiro atoms. The second kappa shape index (κ2) is 3.74. The summed E-state index contributed by atoms with van der Waals surface area (Å²) in [6.07, 6.45) is 3.24. The maximum absolute atomic E-state index is 9.45. The highest BCUT2D eigenvalue weighted by Gasteiger charge is 2.24. The van der Waals surface area contributed by atoms with Crippen LogP contribution < -0.4 is 0 Å². The molecule has 60 valence electrons. The van der Waals surface area contributed by atoms with Crippen LogP contribution in [0.15, 0.2) is 12.2 Å². The van der Waals surface area contributed by atoms with Gasteiger partial charge < -0.3 is 10.2 Å². The average molecular weight is 144 g/mol. The monoisotopic (exact) mass is 144 g/mol. The summed E-state index contributed by atoms with van der Waals surface area (Å²) in [5.41, 5.74) is -1.07. The molecule has 0 heterocycles. The molecule has 0 amide bonds. The normalized spacial score (nSPS) is 20.9. The van der Waals surface area contributed by atoms with Crippen LogP contribution in [0.25, 0.3) is 0 Å². The highest BCUT2D eigenvalue weighted by molar-refractivity contribution is 5.00. The summed E-state index contributed by atoms with van der Waals surface area (Å²) in [5.74, 6) is 0. The first-order valence-corrected chi connectivity index (χ1v) is 3.59. The maximum atomic E-state index is 9.45. The van der Waals surface area contributed by atoms with E-state index in [4.69, 9.17) is 0 Å². The Morgan fingerprint density at radius 2 is 2.10 bits per heavy atom. The topological polar surface area (TPSA) is 40.5 Å². The van der Waals surface area contributed by atoms with Gasteiger partial charge in [0.1, 0.15) is 5.60 Å². The van der Waals surface area contributed by atoms with Crippen LogP contribution in [-0.4, -0.2) is 21.9 Å². The van der Waals surface area contributed by atoms with Crippen molar-refractivity contribution < 1.29 is 10.2 Å². The Kier molecular flexibility index (Phi) is 3.61. The molecule has 0 aromatic rings. The Bertz CT molecular complexity index is 116. The quantitative estimate of drug-likeness (QED) is 0.582. The van der Waals surface area contributed by atoms with E-state index >= 15 is 0 Å². The minimum Gasteiger partial charge on any atom is -0.390 e. The van der Waals surface area contributed by atoms with Crippen molar-refractivity contribution >= 4 is 0 Å². The van der Waals surface area contributed by atoms with Gasteiger partial charge in [-0.2, -0.15) is 0 Å². The molecule has 0 saturated heterocycles. The van der Waals surface area contributed by atoms with E-state index < -0.39 is 11.7 Å². The Labute approximate surface area is 62.2 Å². The van der Waals surface area contributed by atoms with E-state index in [0.717, 1.165) is 0 Å². The largest absolute Gasteiger partial charge is 0.390 e. The van der Waals surface area contributed by atoms with Gasteiger partial charge >= 0.3 is 0 Å².